The van der Waals surface area contributed by atoms with Crippen LogP contribution in [0.25, 0.3) is 11.0 Å². The number of amides is 2. The van der Waals surface area contributed by atoms with Crippen molar-refractivity contribution in [2.45, 2.75) is 18.9 Å². The highest BCUT2D eigenvalue weighted by Gasteiger charge is 2.48. The van der Waals surface area contributed by atoms with E-state index in [9.17, 15) is 9.59 Å². The average Bonchev–Trinajstić information content (AvgIpc) is 3.08. The summed E-state index contributed by atoms with van der Waals surface area (Å²) in [4.78, 5) is 33.1. The fourth-order valence-corrected chi connectivity index (χ4v) is 3.14. The number of rotatable bonds is 0. The van der Waals surface area contributed by atoms with E-state index < -0.39 is 5.54 Å². The van der Waals surface area contributed by atoms with E-state index in [-0.39, 0.29) is 11.8 Å². The van der Waals surface area contributed by atoms with Gasteiger partial charge in [-0.2, -0.15) is 0 Å². The zero-order valence-corrected chi connectivity index (χ0v) is 11.6. The summed E-state index contributed by atoms with van der Waals surface area (Å²) < 4.78 is 0. The standard InChI is InChI=1S/C14H15N5O2/c1-8(20)19-5-3-14(7-19)13(21)17-10-6-16-12-9(2-4-15-12)11(10)18-14/h2,4,6,18H,3,5,7H2,1H3,(H,15,16)(H,17,21). The molecule has 1 unspecified atom stereocenters. The van der Waals surface area contributed by atoms with Crippen molar-refractivity contribution in [3.05, 3.63) is 18.5 Å². The van der Waals surface area contributed by atoms with E-state index in [4.69, 9.17) is 0 Å². The molecule has 3 N–H and O–H groups in total. The molecule has 2 aliphatic heterocycles. The highest BCUT2D eigenvalue weighted by atomic mass is 16.2. The largest absolute Gasteiger partial charge is 0.367 e. The molecule has 2 aromatic rings. The Labute approximate surface area is 120 Å². The highest BCUT2D eigenvalue weighted by Crippen LogP contribution is 2.39. The van der Waals surface area contributed by atoms with Crippen molar-refractivity contribution in [1.82, 2.24) is 14.9 Å². The Morgan fingerprint density at radius 2 is 2.33 bits per heavy atom. The molecular formula is C14H15N5O2. The first kappa shape index (κ1) is 12.2. The average molecular weight is 285 g/mol. The van der Waals surface area contributed by atoms with Crippen LogP contribution < -0.4 is 10.6 Å². The lowest BCUT2D eigenvalue weighted by Crippen LogP contribution is -2.54. The molecule has 108 valence electrons. The van der Waals surface area contributed by atoms with Crippen molar-refractivity contribution in [1.29, 1.82) is 0 Å². The summed E-state index contributed by atoms with van der Waals surface area (Å²) >= 11 is 0. The molecule has 0 aliphatic carbocycles. The van der Waals surface area contributed by atoms with Crippen molar-refractivity contribution < 1.29 is 9.59 Å². The van der Waals surface area contributed by atoms with Gasteiger partial charge in [0, 0.05) is 25.1 Å². The summed E-state index contributed by atoms with van der Waals surface area (Å²) in [5.41, 5.74) is 1.57. The monoisotopic (exact) mass is 285 g/mol. The van der Waals surface area contributed by atoms with Gasteiger partial charge >= 0.3 is 0 Å². The van der Waals surface area contributed by atoms with E-state index in [1.165, 1.54) is 6.92 Å². The van der Waals surface area contributed by atoms with Crippen LogP contribution in [0.1, 0.15) is 13.3 Å². The highest BCUT2D eigenvalue weighted by molar-refractivity contribution is 6.11. The summed E-state index contributed by atoms with van der Waals surface area (Å²) in [7, 11) is 0. The van der Waals surface area contributed by atoms with Crippen molar-refractivity contribution in [3.63, 3.8) is 0 Å². The number of aromatic amines is 1. The first-order valence-electron chi connectivity index (χ1n) is 6.90. The van der Waals surface area contributed by atoms with Crippen LogP contribution in [0.3, 0.4) is 0 Å². The third-order valence-corrected chi connectivity index (χ3v) is 4.35. The maximum atomic E-state index is 12.5. The van der Waals surface area contributed by atoms with Gasteiger partial charge in [0.05, 0.1) is 24.1 Å². The number of aromatic nitrogens is 2. The zero-order valence-electron chi connectivity index (χ0n) is 11.6. The van der Waals surface area contributed by atoms with E-state index >= 15 is 0 Å². The van der Waals surface area contributed by atoms with Crippen LogP contribution in [0.2, 0.25) is 0 Å². The molecule has 0 radical (unpaired) electrons. The normalized spacial score (nSPS) is 24.0. The minimum atomic E-state index is -0.746. The molecule has 2 amide bonds. The second-order valence-corrected chi connectivity index (χ2v) is 5.64. The van der Waals surface area contributed by atoms with Gasteiger partial charge in [-0.05, 0) is 12.5 Å². The van der Waals surface area contributed by atoms with Gasteiger partial charge in [0.15, 0.2) is 0 Å². The summed E-state index contributed by atoms with van der Waals surface area (Å²) in [6.45, 7) is 2.51. The second kappa shape index (κ2) is 3.97. The summed E-state index contributed by atoms with van der Waals surface area (Å²) in [6, 6.07) is 1.93. The molecule has 4 rings (SSSR count). The van der Waals surface area contributed by atoms with Crippen LogP contribution in [0.15, 0.2) is 18.5 Å². The lowest BCUT2D eigenvalue weighted by atomic mass is 9.93. The smallest absolute Gasteiger partial charge is 0.252 e. The predicted molar refractivity (Wildman–Crippen MR) is 77.9 cm³/mol. The molecule has 1 fully saturated rings. The molecule has 2 aromatic heterocycles. The third kappa shape index (κ3) is 1.63. The molecule has 7 nitrogen and oxygen atoms in total. The van der Waals surface area contributed by atoms with Crippen LogP contribution in [0.5, 0.6) is 0 Å². The molecule has 1 saturated heterocycles. The minimum absolute atomic E-state index is 0.00575. The van der Waals surface area contributed by atoms with Crippen LogP contribution in [-0.4, -0.2) is 45.3 Å². The van der Waals surface area contributed by atoms with Crippen molar-refractivity contribution >= 4 is 34.2 Å². The number of hydrogen-bond acceptors (Lipinski definition) is 4. The Bertz CT molecular complexity index is 768. The lowest BCUT2D eigenvalue weighted by Gasteiger charge is -2.35. The summed E-state index contributed by atoms with van der Waals surface area (Å²) in [6.07, 6.45) is 4.06. The molecule has 7 heteroatoms. The van der Waals surface area contributed by atoms with Gasteiger partial charge in [0.1, 0.15) is 11.2 Å². The molecule has 0 bridgehead atoms. The van der Waals surface area contributed by atoms with Gasteiger partial charge in [-0.25, -0.2) is 4.98 Å². The van der Waals surface area contributed by atoms with Crippen LogP contribution >= 0.6 is 0 Å². The van der Waals surface area contributed by atoms with E-state index in [0.717, 1.165) is 16.7 Å². The Hall–Kier alpha value is -2.57. The molecule has 1 atom stereocenters. The Kier molecular flexibility index (Phi) is 2.30. The van der Waals surface area contributed by atoms with Crippen LogP contribution in [0.4, 0.5) is 11.4 Å². The van der Waals surface area contributed by atoms with Crippen molar-refractivity contribution in [2.24, 2.45) is 0 Å². The number of likely N-dealkylation sites (tertiary alicyclic amines) is 1. The fraction of sp³-hybridized carbons (Fsp3) is 0.357. The first-order valence-corrected chi connectivity index (χ1v) is 6.90. The number of nitrogens with one attached hydrogen (secondary N) is 3. The van der Waals surface area contributed by atoms with Crippen LogP contribution in [-0.2, 0) is 9.59 Å². The summed E-state index contributed by atoms with van der Waals surface area (Å²) in [5, 5.41) is 7.23. The molecule has 1 spiro atoms. The second-order valence-electron chi connectivity index (χ2n) is 5.64. The van der Waals surface area contributed by atoms with E-state index in [1.807, 2.05) is 12.3 Å². The summed E-state index contributed by atoms with van der Waals surface area (Å²) in [5.74, 6) is -0.107. The van der Waals surface area contributed by atoms with Gasteiger partial charge < -0.3 is 20.5 Å². The molecule has 21 heavy (non-hydrogen) atoms. The topological polar surface area (TPSA) is 90.1 Å². The molecule has 0 aromatic carbocycles. The Morgan fingerprint density at radius 1 is 1.48 bits per heavy atom. The SMILES string of the molecule is CC(=O)N1CCC2(C1)Nc1c(cnc3[nH]ccc13)NC2=O. The zero-order chi connectivity index (χ0) is 14.6. The van der Waals surface area contributed by atoms with Crippen molar-refractivity contribution in [3.8, 4) is 0 Å². The quantitative estimate of drug-likeness (QED) is 0.671. The van der Waals surface area contributed by atoms with Gasteiger partial charge in [0.2, 0.25) is 5.91 Å². The third-order valence-electron chi connectivity index (χ3n) is 4.35. The van der Waals surface area contributed by atoms with E-state index in [0.29, 0.717) is 25.2 Å². The van der Waals surface area contributed by atoms with Gasteiger partial charge in [-0.15, -0.1) is 0 Å². The number of fused-ring (bicyclic) bond motifs is 3. The number of anilines is 2. The van der Waals surface area contributed by atoms with Crippen molar-refractivity contribution in [2.75, 3.05) is 23.7 Å². The first-order chi connectivity index (χ1) is 10.1. The Morgan fingerprint density at radius 3 is 3.10 bits per heavy atom. The lowest BCUT2D eigenvalue weighted by molar-refractivity contribution is -0.128. The number of carbonyl (C=O) groups excluding carboxylic acids is 2. The molecule has 2 aliphatic rings. The minimum Gasteiger partial charge on any atom is -0.367 e. The molecular weight excluding hydrogens is 270 g/mol. The van der Waals surface area contributed by atoms with E-state index in [2.05, 4.69) is 20.6 Å². The van der Waals surface area contributed by atoms with Gasteiger partial charge in [0.25, 0.3) is 5.91 Å². The fourth-order valence-electron chi connectivity index (χ4n) is 3.14. The number of carbonyl (C=O) groups is 2. The number of nitrogens with zero attached hydrogens (tertiary/aromatic N) is 2. The maximum Gasteiger partial charge on any atom is 0.252 e. The van der Waals surface area contributed by atoms with Crippen LogP contribution in [0, 0.1) is 0 Å². The predicted octanol–water partition coefficient (Wildman–Crippen LogP) is 0.918. The Balaban J connectivity index is 1.79. The molecule has 4 heterocycles. The maximum absolute atomic E-state index is 12.5. The van der Waals surface area contributed by atoms with E-state index in [1.54, 1.807) is 11.1 Å². The van der Waals surface area contributed by atoms with Gasteiger partial charge in [-0.3, -0.25) is 9.59 Å². The van der Waals surface area contributed by atoms with Gasteiger partial charge in [-0.1, -0.05) is 0 Å². The number of hydrogen-bond donors (Lipinski definition) is 3. The molecule has 0 saturated carbocycles. The number of H-pyrrole nitrogens is 1. The number of pyridine rings is 1.